The van der Waals surface area contributed by atoms with Gasteiger partial charge < -0.3 is 14.5 Å². The smallest absolute Gasteiger partial charge is 0.350 e. The van der Waals surface area contributed by atoms with Crippen LogP contribution in [0.4, 0.5) is 0 Å². The topological polar surface area (TPSA) is 89.6 Å². The van der Waals surface area contributed by atoms with E-state index in [1.807, 2.05) is 32.2 Å². The van der Waals surface area contributed by atoms with E-state index in [9.17, 15) is 4.79 Å². The third-order valence-electron chi connectivity index (χ3n) is 4.00. The highest BCUT2D eigenvalue weighted by Crippen LogP contribution is 2.30. The van der Waals surface area contributed by atoms with Crippen molar-refractivity contribution in [3.05, 3.63) is 34.5 Å². The van der Waals surface area contributed by atoms with Crippen LogP contribution < -0.4 is 0 Å². The number of esters is 1. The Balaban J connectivity index is 2.08. The van der Waals surface area contributed by atoms with Crippen LogP contribution in [0.2, 0.25) is 0 Å². The van der Waals surface area contributed by atoms with E-state index in [1.54, 1.807) is 6.92 Å². The van der Waals surface area contributed by atoms with Gasteiger partial charge in [0.2, 0.25) is 0 Å². The minimum Gasteiger partial charge on any atom is -0.459 e. The SMILES string of the molecule is Cc1nc(-c2ccc3c(n2)c(C=NO)cn3C(C)C)sc1C(=O)OC(C)C. The molecule has 7 nitrogen and oxygen atoms in total. The van der Waals surface area contributed by atoms with Crippen molar-refractivity contribution in [3.8, 4) is 10.7 Å². The molecular formula is C19H22N4O3S. The van der Waals surface area contributed by atoms with Crippen molar-refractivity contribution >= 4 is 34.6 Å². The molecule has 3 aromatic rings. The third-order valence-corrected chi connectivity index (χ3v) is 5.16. The van der Waals surface area contributed by atoms with Crippen molar-refractivity contribution in [2.45, 2.75) is 46.8 Å². The third kappa shape index (κ3) is 3.71. The number of oxime groups is 1. The summed E-state index contributed by atoms with van der Waals surface area (Å²) in [5.41, 5.74) is 3.66. The number of pyridine rings is 1. The molecule has 3 rings (SSSR count). The van der Waals surface area contributed by atoms with Crippen LogP contribution >= 0.6 is 11.3 Å². The summed E-state index contributed by atoms with van der Waals surface area (Å²) in [6.07, 6.45) is 3.09. The molecule has 0 aliphatic carbocycles. The molecule has 3 heterocycles. The maximum Gasteiger partial charge on any atom is 0.350 e. The fraction of sp³-hybridized carbons (Fsp3) is 0.368. The highest BCUT2D eigenvalue weighted by molar-refractivity contribution is 7.17. The summed E-state index contributed by atoms with van der Waals surface area (Å²) in [5.74, 6) is -0.369. The summed E-state index contributed by atoms with van der Waals surface area (Å²) >= 11 is 1.27. The summed E-state index contributed by atoms with van der Waals surface area (Å²) in [4.78, 5) is 21.9. The first-order chi connectivity index (χ1) is 12.8. The molecular weight excluding hydrogens is 364 g/mol. The first-order valence-electron chi connectivity index (χ1n) is 8.69. The predicted octanol–water partition coefficient (Wildman–Crippen LogP) is 4.42. The molecule has 0 fully saturated rings. The molecule has 0 amide bonds. The van der Waals surface area contributed by atoms with Crippen molar-refractivity contribution in [3.63, 3.8) is 0 Å². The molecule has 1 N–H and O–H groups in total. The van der Waals surface area contributed by atoms with Gasteiger partial charge in [-0.15, -0.1) is 11.3 Å². The number of carbonyl (C=O) groups excluding carboxylic acids is 1. The number of fused-ring (bicyclic) bond motifs is 1. The normalized spacial score (nSPS) is 12.0. The molecule has 0 saturated carbocycles. The Morgan fingerprint density at radius 1 is 1.30 bits per heavy atom. The lowest BCUT2D eigenvalue weighted by Crippen LogP contribution is -2.11. The number of carbonyl (C=O) groups is 1. The number of ether oxygens (including phenoxy) is 1. The van der Waals surface area contributed by atoms with Crippen LogP contribution in [0.3, 0.4) is 0 Å². The number of thiazole rings is 1. The summed E-state index contributed by atoms with van der Waals surface area (Å²) in [7, 11) is 0. The van der Waals surface area contributed by atoms with E-state index in [-0.39, 0.29) is 18.1 Å². The number of aryl methyl sites for hydroxylation is 1. The average Bonchev–Trinajstić information content (AvgIpc) is 3.15. The zero-order chi connectivity index (χ0) is 19.7. The van der Waals surface area contributed by atoms with Crippen LogP contribution in [0, 0.1) is 6.92 Å². The fourth-order valence-corrected chi connectivity index (χ4v) is 3.74. The molecule has 0 spiro atoms. The minimum absolute atomic E-state index is 0.187. The van der Waals surface area contributed by atoms with E-state index in [1.165, 1.54) is 17.6 Å². The van der Waals surface area contributed by atoms with E-state index >= 15 is 0 Å². The molecule has 0 aliphatic heterocycles. The predicted molar refractivity (Wildman–Crippen MR) is 106 cm³/mol. The quantitative estimate of drug-likeness (QED) is 0.303. The Bertz CT molecular complexity index is 1020. The second kappa shape index (κ2) is 7.48. The summed E-state index contributed by atoms with van der Waals surface area (Å²) in [6, 6.07) is 4.09. The zero-order valence-corrected chi connectivity index (χ0v) is 16.7. The first-order valence-corrected chi connectivity index (χ1v) is 9.51. The minimum atomic E-state index is -0.369. The molecule has 0 atom stereocenters. The Kier molecular flexibility index (Phi) is 5.27. The number of rotatable bonds is 5. The molecule has 8 heteroatoms. The Morgan fingerprint density at radius 2 is 2.04 bits per heavy atom. The lowest BCUT2D eigenvalue weighted by Gasteiger charge is -2.08. The maximum absolute atomic E-state index is 12.2. The highest BCUT2D eigenvalue weighted by atomic mass is 32.1. The van der Waals surface area contributed by atoms with Crippen molar-refractivity contribution in [2.75, 3.05) is 0 Å². The Labute approximate surface area is 161 Å². The zero-order valence-electron chi connectivity index (χ0n) is 15.9. The van der Waals surface area contributed by atoms with Crippen LogP contribution in [0.5, 0.6) is 0 Å². The van der Waals surface area contributed by atoms with Gasteiger partial charge in [-0.05, 0) is 46.8 Å². The number of hydrogen-bond acceptors (Lipinski definition) is 7. The van der Waals surface area contributed by atoms with Crippen LogP contribution in [-0.4, -0.2) is 38.0 Å². The van der Waals surface area contributed by atoms with Gasteiger partial charge in [-0.3, -0.25) is 0 Å². The molecule has 0 bridgehead atoms. The molecule has 0 unspecified atom stereocenters. The standard InChI is InChI=1S/C19H22N4O3S/c1-10(2)23-9-13(8-20-25)16-15(23)7-6-14(22-16)18-21-12(5)17(27-18)19(24)26-11(3)4/h6-11,25H,1-5H3. The van der Waals surface area contributed by atoms with Gasteiger partial charge >= 0.3 is 5.97 Å². The number of hydrogen-bond donors (Lipinski definition) is 1. The van der Waals surface area contributed by atoms with Crippen LogP contribution in [-0.2, 0) is 4.74 Å². The fourth-order valence-electron chi connectivity index (χ4n) is 2.82. The lowest BCUT2D eigenvalue weighted by molar-refractivity contribution is 0.0382. The van der Waals surface area contributed by atoms with E-state index in [2.05, 4.69) is 28.6 Å². The van der Waals surface area contributed by atoms with Crippen molar-refractivity contribution in [1.82, 2.24) is 14.5 Å². The Morgan fingerprint density at radius 3 is 2.67 bits per heavy atom. The van der Waals surface area contributed by atoms with Gasteiger partial charge in [0.15, 0.2) is 0 Å². The van der Waals surface area contributed by atoms with Gasteiger partial charge in [-0.1, -0.05) is 5.16 Å². The van der Waals surface area contributed by atoms with Gasteiger partial charge in [0.25, 0.3) is 0 Å². The van der Waals surface area contributed by atoms with E-state index in [4.69, 9.17) is 14.9 Å². The van der Waals surface area contributed by atoms with Crippen molar-refractivity contribution < 1.29 is 14.7 Å². The maximum atomic E-state index is 12.2. The van der Waals surface area contributed by atoms with Gasteiger partial charge in [-0.25, -0.2) is 14.8 Å². The molecule has 3 aromatic heterocycles. The monoisotopic (exact) mass is 386 g/mol. The summed E-state index contributed by atoms with van der Waals surface area (Å²) < 4.78 is 7.35. The van der Waals surface area contributed by atoms with Gasteiger partial charge in [0, 0.05) is 17.8 Å². The first kappa shape index (κ1) is 19.0. The average molecular weight is 386 g/mol. The molecule has 0 aromatic carbocycles. The molecule has 0 saturated heterocycles. The second-order valence-corrected chi connectivity index (χ2v) is 7.78. The molecule has 27 heavy (non-hydrogen) atoms. The van der Waals surface area contributed by atoms with Gasteiger partial charge in [-0.2, -0.15) is 0 Å². The largest absolute Gasteiger partial charge is 0.459 e. The van der Waals surface area contributed by atoms with Crippen LogP contribution in [0.1, 0.15) is 54.7 Å². The Hall–Kier alpha value is -2.74. The van der Waals surface area contributed by atoms with Gasteiger partial charge in [0.1, 0.15) is 9.88 Å². The van der Waals surface area contributed by atoms with Crippen LogP contribution in [0.25, 0.3) is 21.7 Å². The van der Waals surface area contributed by atoms with Crippen molar-refractivity contribution in [2.24, 2.45) is 5.16 Å². The van der Waals surface area contributed by atoms with E-state index in [0.717, 1.165) is 16.6 Å². The molecule has 0 aliphatic rings. The van der Waals surface area contributed by atoms with Crippen LogP contribution in [0.15, 0.2) is 23.5 Å². The molecule has 142 valence electrons. The number of aromatic nitrogens is 3. The van der Waals surface area contributed by atoms with E-state index < -0.39 is 0 Å². The summed E-state index contributed by atoms with van der Waals surface area (Å²) in [6.45, 7) is 9.56. The molecule has 0 radical (unpaired) electrons. The lowest BCUT2D eigenvalue weighted by atomic mass is 10.2. The number of nitrogens with zero attached hydrogens (tertiary/aromatic N) is 4. The summed E-state index contributed by atoms with van der Waals surface area (Å²) in [5, 5.41) is 12.8. The second-order valence-electron chi connectivity index (χ2n) is 6.78. The van der Waals surface area contributed by atoms with Gasteiger partial charge in [0.05, 0.1) is 34.7 Å². The highest BCUT2D eigenvalue weighted by Gasteiger charge is 2.20. The van der Waals surface area contributed by atoms with E-state index in [0.29, 0.717) is 21.3 Å². The van der Waals surface area contributed by atoms with Crippen molar-refractivity contribution in [1.29, 1.82) is 0 Å².